The van der Waals surface area contributed by atoms with Crippen molar-refractivity contribution in [3.8, 4) is 0 Å². The molecule has 1 aliphatic carbocycles. The Labute approximate surface area is 134 Å². The van der Waals surface area contributed by atoms with Crippen LogP contribution in [-0.2, 0) is 22.3 Å². The quantitative estimate of drug-likeness (QED) is 0.777. The van der Waals surface area contributed by atoms with Crippen LogP contribution in [0.4, 0.5) is 0 Å². The zero-order chi connectivity index (χ0) is 15.8. The van der Waals surface area contributed by atoms with E-state index in [2.05, 4.69) is 40.0 Å². The van der Waals surface area contributed by atoms with Gasteiger partial charge in [-0.2, -0.15) is 0 Å². The molecule has 1 aliphatic heterocycles. The second kappa shape index (κ2) is 5.93. The fraction of sp³-hybridized carbons (Fsp3) is 0.737. The topological polar surface area (TPSA) is 31.4 Å². The Bertz CT molecular complexity index is 526. The lowest BCUT2D eigenvalue weighted by Crippen LogP contribution is -2.48. The molecule has 0 radical (unpaired) electrons. The summed E-state index contributed by atoms with van der Waals surface area (Å²) in [7, 11) is 0. The largest absolute Gasteiger partial charge is 0.349 e. The van der Waals surface area contributed by atoms with E-state index in [1.807, 2.05) is 0 Å². The van der Waals surface area contributed by atoms with E-state index in [1.165, 1.54) is 16.8 Å². The van der Waals surface area contributed by atoms with Gasteiger partial charge in [0.1, 0.15) is 0 Å². The predicted octanol–water partition coefficient (Wildman–Crippen LogP) is 4.24. The van der Waals surface area contributed by atoms with Gasteiger partial charge in [-0.05, 0) is 36.3 Å². The average Bonchev–Trinajstić information content (AvgIpc) is 2.46. The highest BCUT2D eigenvalue weighted by Gasteiger charge is 2.40. The van der Waals surface area contributed by atoms with Gasteiger partial charge in [0.05, 0.1) is 13.2 Å². The van der Waals surface area contributed by atoms with Crippen molar-refractivity contribution in [1.29, 1.82) is 0 Å². The minimum atomic E-state index is -0.360. The molecule has 3 nitrogen and oxygen atoms in total. The van der Waals surface area contributed by atoms with Gasteiger partial charge in [0.2, 0.25) is 0 Å². The number of nitrogens with zero attached hydrogens (tertiary/aromatic N) is 1. The summed E-state index contributed by atoms with van der Waals surface area (Å²) in [6, 6.07) is 2.35. The maximum absolute atomic E-state index is 6.21. The minimum absolute atomic E-state index is 0.137. The van der Waals surface area contributed by atoms with Gasteiger partial charge in [0.15, 0.2) is 5.79 Å². The molecule has 1 aromatic rings. The van der Waals surface area contributed by atoms with E-state index in [0.717, 1.165) is 45.3 Å². The molecule has 1 spiro atoms. The van der Waals surface area contributed by atoms with Crippen molar-refractivity contribution in [2.45, 2.75) is 71.5 Å². The second-order valence-electron chi connectivity index (χ2n) is 8.03. The van der Waals surface area contributed by atoms with Gasteiger partial charge < -0.3 is 9.47 Å². The highest BCUT2D eigenvalue weighted by atomic mass is 16.7. The first-order valence-corrected chi connectivity index (χ1v) is 8.65. The van der Waals surface area contributed by atoms with Crippen molar-refractivity contribution in [1.82, 2.24) is 4.98 Å². The fourth-order valence-electron chi connectivity index (χ4n) is 3.32. The van der Waals surface area contributed by atoms with Crippen LogP contribution in [0.2, 0.25) is 0 Å². The number of hydrogen-bond acceptors (Lipinski definition) is 3. The number of aryl methyl sites for hydroxylation is 2. The number of rotatable bonds is 1. The number of hydrogen-bond donors (Lipinski definition) is 0. The lowest BCUT2D eigenvalue weighted by atomic mass is 9.88. The Hall–Kier alpha value is -0.930. The van der Waals surface area contributed by atoms with Gasteiger partial charge in [0, 0.05) is 30.1 Å². The smallest absolute Gasteiger partial charge is 0.168 e. The molecule has 0 amide bonds. The molecule has 0 unspecified atom stereocenters. The van der Waals surface area contributed by atoms with Crippen LogP contribution >= 0.6 is 0 Å². The maximum Gasteiger partial charge on any atom is 0.168 e. The van der Waals surface area contributed by atoms with Crippen LogP contribution < -0.4 is 0 Å². The molecule has 22 heavy (non-hydrogen) atoms. The van der Waals surface area contributed by atoms with E-state index in [4.69, 9.17) is 14.5 Å². The van der Waals surface area contributed by atoms with Crippen LogP contribution in [0.25, 0.3) is 0 Å². The zero-order valence-corrected chi connectivity index (χ0v) is 14.4. The molecule has 0 N–H and O–H groups in total. The third-order valence-corrected chi connectivity index (χ3v) is 4.95. The molecule has 1 fully saturated rings. The Kier molecular flexibility index (Phi) is 4.30. The highest BCUT2D eigenvalue weighted by Crippen LogP contribution is 2.37. The minimum Gasteiger partial charge on any atom is -0.349 e. The van der Waals surface area contributed by atoms with E-state index >= 15 is 0 Å². The summed E-state index contributed by atoms with van der Waals surface area (Å²) in [5.74, 6) is 0.168. The fourth-order valence-corrected chi connectivity index (χ4v) is 3.32. The van der Waals surface area contributed by atoms with E-state index in [-0.39, 0.29) is 11.2 Å². The highest BCUT2D eigenvalue weighted by molar-refractivity contribution is 5.28. The maximum atomic E-state index is 6.21. The van der Waals surface area contributed by atoms with Gasteiger partial charge in [0.25, 0.3) is 0 Å². The summed E-state index contributed by atoms with van der Waals surface area (Å²) >= 11 is 0. The van der Waals surface area contributed by atoms with Crippen molar-refractivity contribution < 1.29 is 9.47 Å². The molecular weight excluding hydrogens is 274 g/mol. The van der Waals surface area contributed by atoms with Crippen LogP contribution in [0.1, 0.15) is 69.7 Å². The van der Waals surface area contributed by atoms with Crippen LogP contribution in [0.3, 0.4) is 0 Å². The summed E-state index contributed by atoms with van der Waals surface area (Å²) < 4.78 is 12.4. The first-order chi connectivity index (χ1) is 10.4. The van der Waals surface area contributed by atoms with Crippen molar-refractivity contribution in [2.24, 2.45) is 5.41 Å². The van der Waals surface area contributed by atoms with Gasteiger partial charge in [-0.3, -0.25) is 4.98 Å². The Morgan fingerprint density at radius 2 is 1.82 bits per heavy atom. The third kappa shape index (κ3) is 3.36. The summed E-state index contributed by atoms with van der Waals surface area (Å²) in [6.07, 6.45) is 7.10. The number of ether oxygens (including phenoxy) is 2. The van der Waals surface area contributed by atoms with Crippen LogP contribution in [-0.4, -0.2) is 24.0 Å². The second-order valence-corrected chi connectivity index (χ2v) is 8.03. The molecule has 0 atom stereocenters. The summed E-state index contributed by atoms with van der Waals surface area (Å²) in [6.45, 7) is 10.5. The van der Waals surface area contributed by atoms with E-state index in [9.17, 15) is 0 Å². The summed E-state index contributed by atoms with van der Waals surface area (Å²) in [4.78, 5) is 4.72. The lowest BCUT2D eigenvalue weighted by Gasteiger charge is -2.44. The summed E-state index contributed by atoms with van der Waals surface area (Å²) in [5.41, 5.74) is 4.13. The molecule has 0 saturated carbocycles. The van der Waals surface area contributed by atoms with Crippen molar-refractivity contribution >= 4 is 0 Å². The molecule has 3 heteroatoms. The standard InChI is InChI=1S/C19H29NO2/c1-14(2)16-10-15-7-9-19(8-5-6-17(15)20-11-16)21-12-18(3,4)13-22-19/h10-11,14H,5-9,12-13H2,1-4H3. The van der Waals surface area contributed by atoms with E-state index in [1.54, 1.807) is 0 Å². The first-order valence-electron chi connectivity index (χ1n) is 8.65. The van der Waals surface area contributed by atoms with Crippen molar-refractivity contribution in [2.75, 3.05) is 13.2 Å². The molecule has 122 valence electrons. The zero-order valence-electron chi connectivity index (χ0n) is 14.4. The molecule has 1 aromatic heterocycles. The monoisotopic (exact) mass is 303 g/mol. The van der Waals surface area contributed by atoms with Crippen molar-refractivity contribution in [3.63, 3.8) is 0 Å². The number of aromatic nitrogens is 1. The van der Waals surface area contributed by atoms with Crippen LogP contribution in [0.15, 0.2) is 12.3 Å². The van der Waals surface area contributed by atoms with Gasteiger partial charge in [-0.25, -0.2) is 0 Å². The van der Waals surface area contributed by atoms with Crippen LogP contribution in [0.5, 0.6) is 0 Å². The molecular formula is C19H29NO2. The van der Waals surface area contributed by atoms with E-state index < -0.39 is 0 Å². The molecule has 0 bridgehead atoms. The lowest BCUT2D eigenvalue weighted by molar-refractivity contribution is -0.304. The molecule has 2 heterocycles. The number of pyridine rings is 1. The van der Waals surface area contributed by atoms with Gasteiger partial charge in [-0.1, -0.05) is 33.8 Å². The van der Waals surface area contributed by atoms with Gasteiger partial charge >= 0.3 is 0 Å². The average molecular weight is 303 g/mol. The summed E-state index contributed by atoms with van der Waals surface area (Å²) in [5, 5.41) is 0. The van der Waals surface area contributed by atoms with Crippen molar-refractivity contribution in [3.05, 3.63) is 29.1 Å². The SMILES string of the molecule is CC(C)c1cnc2c(c1)CCC1(CCC2)OCC(C)(C)CO1. The Morgan fingerprint density at radius 3 is 2.50 bits per heavy atom. The van der Waals surface area contributed by atoms with Crippen LogP contribution in [0, 0.1) is 5.41 Å². The molecule has 0 aromatic carbocycles. The normalized spacial score (nSPS) is 23.9. The first kappa shape index (κ1) is 15.9. The Balaban J connectivity index is 1.77. The van der Waals surface area contributed by atoms with Gasteiger partial charge in [-0.15, -0.1) is 0 Å². The molecule has 2 aliphatic rings. The number of fused-ring (bicyclic) bond motifs is 1. The van der Waals surface area contributed by atoms with E-state index in [0.29, 0.717) is 5.92 Å². The molecule has 3 rings (SSSR count). The predicted molar refractivity (Wildman–Crippen MR) is 88.0 cm³/mol. The molecule has 1 saturated heterocycles. The third-order valence-electron chi connectivity index (χ3n) is 4.95. The Morgan fingerprint density at radius 1 is 1.09 bits per heavy atom.